The van der Waals surface area contributed by atoms with Gasteiger partial charge in [0, 0.05) is 12.1 Å². The summed E-state index contributed by atoms with van der Waals surface area (Å²) in [6.45, 7) is 0. The summed E-state index contributed by atoms with van der Waals surface area (Å²) in [7, 11) is 2.95. The smallest absolute Gasteiger partial charge is 0.295 e. The van der Waals surface area contributed by atoms with Gasteiger partial charge in [-0.2, -0.15) is 4.98 Å². The molecule has 1 aliphatic rings. The monoisotopic (exact) mass is 401 g/mol. The molecule has 0 spiro atoms. The van der Waals surface area contributed by atoms with Gasteiger partial charge in [0.2, 0.25) is 0 Å². The number of benzene rings is 2. The quantitative estimate of drug-likeness (QED) is 0.667. The zero-order valence-corrected chi connectivity index (χ0v) is 16.4. The van der Waals surface area contributed by atoms with Gasteiger partial charge in [-0.05, 0) is 37.1 Å². The van der Waals surface area contributed by atoms with E-state index in [1.807, 2.05) is 0 Å². The number of ether oxygens (including phenoxy) is 2. The number of methoxy groups -OCH3 is 2. The van der Waals surface area contributed by atoms with Crippen LogP contribution < -0.4 is 20.5 Å². The molecular formula is C21H24FN3O4. The molecule has 29 heavy (non-hydrogen) atoms. The molecule has 7 nitrogen and oxygen atoms in total. The first-order valence-corrected chi connectivity index (χ1v) is 9.35. The molecule has 0 radical (unpaired) electrons. The standard InChI is InChI=1S/C12H13FN2O.C9H11NO3/c13-8-5-6-10-11(7-8)16-12(15-10)14-9-3-1-2-4-9;1-12-6-4-3-5-7(13-2)8(6)9(10)11/h5-7,9H,1-4H2,(H,14,15);3-5H,1-2H3,(H2,10,11). The molecule has 3 aromatic rings. The Balaban J connectivity index is 0.000000170. The molecule has 1 saturated carbocycles. The first-order valence-electron chi connectivity index (χ1n) is 9.35. The molecule has 0 unspecified atom stereocenters. The molecule has 0 aliphatic heterocycles. The van der Waals surface area contributed by atoms with E-state index < -0.39 is 5.91 Å². The summed E-state index contributed by atoms with van der Waals surface area (Å²) in [6.07, 6.45) is 4.83. The number of primary amides is 1. The molecule has 8 heteroatoms. The fourth-order valence-electron chi connectivity index (χ4n) is 3.30. The van der Waals surface area contributed by atoms with Crippen LogP contribution in [0.3, 0.4) is 0 Å². The van der Waals surface area contributed by atoms with E-state index in [1.54, 1.807) is 24.3 Å². The lowest BCUT2D eigenvalue weighted by Gasteiger charge is -2.09. The molecule has 0 atom stereocenters. The van der Waals surface area contributed by atoms with Crippen molar-refractivity contribution in [2.75, 3.05) is 19.5 Å². The number of carbonyl (C=O) groups is 1. The summed E-state index contributed by atoms with van der Waals surface area (Å²) < 4.78 is 28.3. The van der Waals surface area contributed by atoms with Crippen LogP contribution in [-0.4, -0.2) is 31.2 Å². The van der Waals surface area contributed by atoms with Crippen molar-refractivity contribution in [3.8, 4) is 11.5 Å². The molecule has 0 bridgehead atoms. The summed E-state index contributed by atoms with van der Waals surface area (Å²) in [5, 5.41) is 3.25. The topological polar surface area (TPSA) is 99.6 Å². The van der Waals surface area contributed by atoms with Gasteiger partial charge in [-0.15, -0.1) is 0 Å². The number of nitrogens with two attached hydrogens (primary N) is 1. The Bertz CT molecular complexity index is 961. The lowest BCUT2D eigenvalue weighted by molar-refractivity contribution is 0.0994. The molecule has 0 saturated heterocycles. The van der Waals surface area contributed by atoms with Crippen LogP contribution in [0.15, 0.2) is 40.8 Å². The van der Waals surface area contributed by atoms with Crippen LogP contribution in [0.2, 0.25) is 0 Å². The van der Waals surface area contributed by atoms with Crippen molar-refractivity contribution in [3.05, 3.63) is 47.8 Å². The maximum Gasteiger partial charge on any atom is 0.295 e. The minimum Gasteiger partial charge on any atom is -0.496 e. The SMILES string of the molecule is COc1cccc(OC)c1C(N)=O.Fc1ccc2nc(NC3CCCC3)oc2c1. The third-order valence-electron chi connectivity index (χ3n) is 4.71. The van der Waals surface area contributed by atoms with Crippen LogP contribution >= 0.6 is 0 Å². The summed E-state index contributed by atoms with van der Waals surface area (Å²) in [6, 6.07) is 10.4. The van der Waals surface area contributed by atoms with Crippen LogP contribution in [0.4, 0.5) is 10.4 Å². The third kappa shape index (κ3) is 4.96. The highest BCUT2D eigenvalue weighted by Crippen LogP contribution is 2.27. The van der Waals surface area contributed by atoms with Gasteiger partial charge in [-0.25, -0.2) is 4.39 Å². The van der Waals surface area contributed by atoms with Gasteiger partial charge in [0.25, 0.3) is 11.9 Å². The molecule has 154 valence electrons. The number of oxazole rings is 1. The second-order valence-corrected chi connectivity index (χ2v) is 6.66. The molecule has 1 aliphatic carbocycles. The number of rotatable bonds is 5. The number of nitrogens with one attached hydrogen (secondary N) is 1. The van der Waals surface area contributed by atoms with Gasteiger partial charge in [-0.1, -0.05) is 18.9 Å². The van der Waals surface area contributed by atoms with E-state index in [1.165, 1.54) is 39.2 Å². The van der Waals surface area contributed by atoms with Crippen molar-refractivity contribution in [1.29, 1.82) is 0 Å². The number of fused-ring (bicyclic) bond motifs is 1. The average molecular weight is 401 g/mol. The minimum atomic E-state index is -0.561. The largest absolute Gasteiger partial charge is 0.496 e. The van der Waals surface area contributed by atoms with Crippen molar-refractivity contribution in [3.63, 3.8) is 0 Å². The predicted octanol–water partition coefficient (Wildman–Crippen LogP) is 4.12. The highest BCUT2D eigenvalue weighted by molar-refractivity contribution is 5.98. The van der Waals surface area contributed by atoms with Crippen LogP contribution in [0.1, 0.15) is 36.0 Å². The number of halogens is 1. The van der Waals surface area contributed by atoms with Crippen molar-refractivity contribution in [2.45, 2.75) is 31.7 Å². The maximum atomic E-state index is 12.9. The van der Waals surface area contributed by atoms with E-state index in [0.717, 1.165) is 12.8 Å². The highest BCUT2D eigenvalue weighted by Gasteiger charge is 2.17. The normalized spacial score (nSPS) is 13.6. The highest BCUT2D eigenvalue weighted by atomic mass is 19.1. The van der Waals surface area contributed by atoms with E-state index >= 15 is 0 Å². The number of hydrogen-bond donors (Lipinski definition) is 2. The zero-order chi connectivity index (χ0) is 20.8. The molecule has 1 heterocycles. The van der Waals surface area contributed by atoms with Crippen molar-refractivity contribution < 1.29 is 23.1 Å². The lowest BCUT2D eigenvalue weighted by atomic mass is 10.1. The second-order valence-electron chi connectivity index (χ2n) is 6.66. The number of hydrogen-bond acceptors (Lipinski definition) is 6. The Hall–Kier alpha value is -3.29. The van der Waals surface area contributed by atoms with Crippen LogP contribution in [0.5, 0.6) is 11.5 Å². The molecule has 1 aromatic heterocycles. The summed E-state index contributed by atoms with van der Waals surface area (Å²) in [5.74, 6) is -0.0101. The molecular weight excluding hydrogens is 377 g/mol. The first-order chi connectivity index (χ1) is 14.0. The van der Waals surface area contributed by atoms with Gasteiger partial charge in [0.1, 0.15) is 28.4 Å². The van der Waals surface area contributed by atoms with E-state index in [0.29, 0.717) is 34.7 Å². The van der Waals surface area contributed by atoms with Crippen molar-refractivity contribution in [1.82, 2.24) is 4.98 Å². The lowest BCUT2D eigenvalue weighted by Crippen LogP contribution is -2.14. The van der Waals surface area contributed by atoms with E-state index in [4.69, 9.17) is 19.6 Å². The second kappa shape index (κ2) is 9.27. The number of aromatic nitrogens is 1. The third-order valence-corrected chi connectivity index (χ3v) is 4.71. The predicted molar refractivity (Wildman–Crippen MR) is 108 cm³/mol. The van der Waals surface area contributed by atoms with Gasteiger partial charge in [0.15, 0.2) is 5.58 Å². The van der Waals surface area contributed by atoms with Gasteiger partial charge in [0.05, 0.1) is 14.2 Å². The number of carbonyl (C=O) groups excluding carboxylic acids is 1. The average Bonchev–Trinajstić information content (AvgIpc) is 3.36. The molecule has 4 rings (SSSR count). The van der Waals surface area contributed by atoms with Crippen molar-refractivity contribution >= 4 is 23.0 Å². The van der Waals surface area contributed by atoms with E-state index in [2.05, 4.69) is 10.3 Å². The number of anilines is 1. The van der Waals surface area contributed by atoms with Gasteiger partial charge >= 0.3 is 0 Å². The minimum absolute atomic E-state index is 0.271. The fourth-order valence-corrected chi connectivity index (χ4v) is 3.30. The Kier molecular flexibility index (Phi) is 6.54. The zero-order valence-electron chi connectivity index (χ0n) is 16.4. The Morgan fingerprint density at radius 3 is 2.41 bits per heavy atom. The van der Waals surface area contributed by atoms with Gasteiger partial charge < -0.3 is 24.9 Å². The summed E-state index contributed by atoms with van der Waals surface area (Å²) >= 11 is 0. The Morgan fingerprint density at radius 2 is 1.83 bits per heavy atom. The fraction of sp³-hybridized carbons (Fsp3) is 0.333. The summed E-state index contributed by atoms with van der Waals surface area (Å²) in [4.78, 5) is 15.3. The molecule has 1 fully saturated rings. The Labute approximate surface area is 168 Å². The summed E-state index contributed by atoms with van der Waals surface area (Å²) in [5.41, 5.74) is 6.64. The first kappa shape index (κ1) is 20.4. The molecule has 1 amide bonds. The van der Waals surface area contributed by atoms with Crippen LogP contribution in [0.25, 0.3) is 11.1 Å². The molecule has 3 N–H and O–H groups in total. The number of amides is 1. The number of nitrogens with zero attached hydrogens (tertiary/aromatic N) is 1. The molecule has 2 aromatic carbocycles. The Morgan fingerprint density at radius 1 is 1.17 bits per heavy atom. The van der Waals surface area contributed by atoms with Crippen LogP contribution in [-0.2, 0) is 0 Å². The maximum absolute atomic E-state index is 12.9. The van der Waals surface area contributed by atoms with E-state index in [9.17, 15) is 9.18 Å². The van der Waals surface area contributed by atoms with Gasteiger partial charge in [-0.3, -0.25) is 4.79 Å². The van der Waals surface area contributed by atoms with Crippen LogP contribution in [0, 0.1) is 5.82 Å². The van der Waals surface area contributed by atoms with Crippen molar-refractivity contribution in [2.24, 2.45) is 5.73 Å². The van der Waals surface area contributed by atoms with E-state index in [-0.39, 0.29) is 11.4 Å².